The van der Waals surface area contributed by atoms with E-state index in [4.69, 9.17) is 22.1 Å². The molecule has 6 rings (SSSR count). The van der Waals surface area contributed by atoms with Crippen molar-refractivity contribution < 1.29 is 14.6 Å². The molecule has 1 saturated heterocycles. The molecule has 0 unspecified atom stereocenters. The van der Waals surface area contributed by atoms with E-state index < -0.39 is 11.4 Å². The van der Waals surface area contributed by atoms with Crippen LogP contribution in [0.1, 0.15) is 43.6 Å². The maximum Gasteiger partial charge on any atom is 0.341 e. The maximum absolute atomic E-state index is 12.7. The van der Waals surface area contributed by atoms with Crippen molar-refractivity contribution in [3.8, 4) is 22.8 Å². The van der Waals surface area contributed by atoms with Gasteiger partial charge in [-0.1, -0.05) is 32.9 Å². The average Bonchev–Trinajstić information content (AvgIpc) is 3.39. The summed E-state index contributed by atoms with van der Waals surface area (Å²) >= 11 is 6.04. The molecule has 0 spiro atoms. The number of pyridine rings is 1. The number of anilines is 1. The number of carboxylic acids is 1. The van der Waals surface area contributed by atoms with E-state index in [1.54, 1.807) is 11.7 Å². The number of hydrogen-bond acceptors (Lipinski definition) is 9. The van der Waals surface area contributed by atoms with Crippen molar-refractivity contribution in [3.63, 3.8) is 0 Å². The Hall–Kier alpha value is -4.88. The van der Waals surface area contributed by atoms with Gasteiger partial charge in [-0.05, 0) is 66.5 Å². The molecule has 1 fully saturated rings. The van der Waals surface area contributed by atoms with Crippen molar-refractivity contribution in [2.75, 3.05) is 38.2 Å². The number of methoxy groups -OCH3 is 1. The summed E-state index contributed by atoms with van der Waals surface area (Å²) in [5.74, 6) is 0.753. The predicted octanol–water partition coefficient (Wildman–Crippen LogP) is 4.98. The van der Waals surface area contributed by atoms with E-state index in [-0.39, 0.29) is 16.4 Å². The number of carboxylic acid groups (broad SMARTS) is 1. The summed E-state index contributed by atoms with van der Waals surface area (Å²) in [5.41, 5.74) is 2.69. The number of nitrogens with zero attached hydrogens (tertiary/aromatic N) is 8. The molecule has 5 aromatic rings. The Morgan fingerprint density at radius 2 is 1.70 bits per heavy atom. The molecule has 1 N–H and O–H groups in total. The average molecular weight is 655 g/mol. The van der Waals surface area contributed by atoms with Crippen molar-refractivity contribution in [1.82, 2.24) is 33.8 Å². The van der Waals surface area contributed by atoms with Crippen molar-refractivity contribution in [1.29, 1.82) is 0 Å². The number of benzene rings is 2. The number of aromatic carboxylic acids is 1. The molecular weight excluding hydrogens is 616 g/mol. The van der Waals surface area contributed by atoms with Crippen molar-refractivity contribution in [3.05, 3.63) is 87.0 Å². The molecule has 1 aliphatic heterocycles. The molecule has 244 valence electrons. The fraction of sp³-hybridized carbons (Fsp3) is 0.353. The number of piperazine rings is 1. The van der Waals surface area contributed by atoms with Gasteiger partial charge < -0.3 is 19.3 Å². The Balaban J connectivity index is 1.25. The Morgan fingerprint density at radius 3 is 2.30 bits per heavy atom. The molecule has 4 heterocycles. The van der Waals surface area contributed by atoms with Crippen LogP contribution in [-0.2, 0) is 18.6 Å². The van der Waals surface area contributed by atoms with E-state index in [1.807, 2.05) is 40.4 Å². The molecule has 0 amide bonds. The Kier molecular flexibility index (Phi) is 8.68. The van der Waals surface area contributed by atoms with Crippen LogP contribution in [-0.4, -0.2) is 78.1 Å². The van der Waals surface area contributed by atoms with Crippen LogP contribution in [0.15, 0.2) is 65.7 Å². The fourth-order valence-corrected chi connectivity index (χ4v) is 6.05. The number of rotatable bonds is 8. The van der Waals surface area contributed by atoms with Crippen LogP contribution in [0.3, 0.4) is 0 Å². The topological polar surface area (TPSA) is 124 Å². The zero-order valence-electron chi connectivity index (χ0n) is 27.2. The zero-order chi connectivity index (χ0) is 33.5. The number of aryl methyl sites for hydroxylation is 1. The van der Waals surface area contributed by atoms with Gasteiger partial charge in [-0.15, -0.1) is 5.10 Å². The molecule has 13 heteroatoms. The standard InChI is InChI=1S/C34H38N8O4S/c1-6-39-20-27(31(44)45)28(43)26-19-35-32(36-30(26)39)40-17-15-38(16-18-40)21-41-33(47)42(24-11-9-23(10-12-24)34(2,3)4)29(37-41)22-7-13-25(46-5)14-8-22/h7-14,19-20H,6,15-18,21H2,1-5H3,(H,44,45). The van der Waals surface area contributed by atoms with Crippen molar-refractivity contribution in [2.45, 2.75) is 46.3 Å². The van der Waals surface area contributed by atoms with E-state index >= 15 is 0 Å². The van der Waals surface area contributed by atoms with Gasteiger partial charge in [-0.3, -0.25) is 14.3 Å². The van der Waals surface area contributed by atoms with Crippen LogP contribution in [0.4, 0.5) is 5.95 Å². The van der Waals surface area contributed by atoms with Gasteiger partial charge in [0.1, 0.15) is 17.0 Å². The summed E-state index contributed by atoms with van der Waals surface area (Å²) < 4.78 is 11.5. The first-order chi connectivity index (χ1) is 22.5. The minimum absolute atomic E-state index is 0.0308. The number of aromatic nitrogens is 6. The molecule has 2 aromatic carbocycles. The van der Waals surface area contributed by atoms with Gasteiger partial charge in [0.2, 0.25) is 16.1 Å². The van der Waals surface area contributed by atoms with Gasteiger partial charge in [0.25, 0.3) is 0 Å². The first kappa shape index (κ1) is 32.1. The van der Waals surface area contributed by atoms with Crippen LogP contribution < -0.4 is 15.1 Å². The highest BCUT2D eigenvalue weighted by Crippen LogP contribution is 2.28. The van der Waals surface area contributed by atoms with Crippen LogP contribution in [0.25, 0.3) is 28.1 Å². The van der Waals surface area contributed by atoms with Gasteiger partial charge in [-0.25, -0.2) is 14.5 Å². The summed E-state index contributed by atoms with van der Waals surface area (Å²) in [5, 5.41) is 14.7. The maximum atomic E-state index is 12.7. The summed E-state index contributed by atoms with van der Waals surface area (Å²) in [6.45, 7) is 12.2. The van der Waals surface area contributed by atoms with Crippen molar-refractivity contribution in [2.24, 2.45) is 0 Å². The molecule has 0 bridgehead atoms. The monoisotopic (exact) mass is 654 g/mol. The molecule has 12 nitrogen and oxygen atoms in total. The quantitative estimate of drug-likeness (QED) is 0.229. The van der Waals surface area contributed by atoms with E-state index in [9.17, 15) is 14.7 Å². The number of fused-ring (bicyclic) bond motifs is 1. The Morgan fingerprint density at radius 1 is 1.02 bits per heavy atom. The van der Waals surface area contributed by atoms with Gasteiger partial charge in [-0.2, -0.15) is 4.98 Å². The summed E-state index contributed by atoms with van der Waals surface area (Å²) in [4.78, 5) is 37.8. The second-order valence-electron chi connectivity index (χ2n) is 12.6. The highest BCUT2D eigenvalue weighted by Gasteiger charge is 2.24. The molecule has 3 aromatic heterocycles. The molecule has 47 heavy (non-hydrogen) atoms. The smallest absolute Gasteiger partial charge is 0.341 e. The van der Waals surface area contributed by atoms with Gasteiger partial charge in [0.15, 0.2) is 5.82 Å². The fourth-order valence-electron chi connectivity index (χ4n) is 5.76. The summed E-state index contributed by atoms with van der Waals surface area (Å²) in [7, 11) is 1.65. The lowest BCUT2D eigenvalue weighted by Gasteiger charge is -2.34. The van der Waals surface area contributed by atoms with E-state index in [1.165, 1.54) is 18.0 Å². The van der Waals surface area contributed by atoms with E-state index in [2.05, 4.69) is 64.8 Å². The third-order valence-corrected chi connectivity index (χ3v) is 8.93. The summed E-state index contributed by atoms with van der Waals surface area (Å²) in [6, 6.07) is 16.3. The molecule has 0 saturated carbocycles. The highest BCUT2D eigenvalue weighted by atomic mass is 32.1. The highest BCUT2D eigenvalue weighted by molar-refractivity contribution is 7.71. The van der Waals surface area contributed by atoms with Crippen LogP contribution in [0.5, 0.6) is 5.75 Å². The van der Waals surface area contributed by atoms with Crippen LogP contribution >= 0.6 is 12.2 Å². The van der Waals surface area contributed by atoms with E-state index in [0.29, 0.717) is 55.8 Å². The predicted molar refractivity (Wildman–Crippen MR) is 183 cm³/mol. The Bertz CT molecular complexity index is 2050. The van der Waals surface area contributed by atoms with E-state index in [0.717, 1.165) is 22.8 Å². The van der Waals surface area contributed by atoms with Crippen LogP contribution in [0.2, 0.25) is 0 Å². The lowest BCUT2D eigenvalue weighted by molar-refractivity contribution is 0.0695. The first-order valence-electron chi connectivity index (χ1n) is 15.5. The SMILES string of the molecule is CCn1cc(C(=O)O)c(=O)c2cnc(N3CCN(Cn4nc(-c5ccc(OC)cc5)n(-c5ccc(C(C)(C)C)cc5)c4=S)CC3)nc21. The summed E-state index contributed by atoms with van der Waals surface area (Å²) in [6.07, 6.45) is 2.79. The molecule has 0 atom stereocenters. The molecule has 1 aliphatic rings. The second kappa shape index (κ2) is 12.7. The minimum Gasteiger partial charge on any atom is -0.497 e. The third kappa shape index (κ3) is 6.28. The molecular formula is C34H38N8O4S. The lowest BCUT2D eigenvalue weighted by atomic mass is 9.87. The number of ether oxygens (including phenoxy) is 1. The lowest BCUT2D eigenvalue weighted by Crippen LogP contribution is -2.47. The Labute approximate surface area is 277 Å². The van der Waals surface area contributed by atoms with Gasteiger partial charge in [0, 0.05) is 56.4 Å². The number of hydrogen-bond donors (Lipinski definition) is 1. The van der Waals surface area contributed by atoms with Crippen LogP contribution in [0, 0.1) is 4.77 Å². The minimum atomic E-state index is -1.27. The largest absolute Gasteiger partial charge is 0.497 e. The van der Waals surface area contributed by atoms with Gasteiger partial charge in [0.05, 0.1) is 19.2 Å². The normalized spacial score (nSPS) is 14.1. The molecule has 0 radical (unpaired) electrons. The zero-order valence-corrected chi connectivity index (χ0v) is 28.0. The third-order valence-electron chi connectivity index (χ3n) is 8.54. The number of carbonyl (C=O) groups is 1. The second-order valence-corrected chi connectivity index (χ2v) is 12.9. The first-order valence-corrected chi connectivity index (χ1v) is 15.9. The van der Waals surface area contributed by atoms with Crippen molar-refractivity contribution >= 4 is 35.2 Å². The van der Waals surface area contributed by atoms with Gasteiger partial charge >= 0.3 is 5.97 Å². The molecule has 0 aliphatic carbocycles.